The summed E-state index contributed by atoms with van der Waals surface area (Å²) in [5.41, 5.74) is 2.09. The molecule has 0 spiro atoms. The molecule has 0 bridgehead atoms. The minimum atomic E-state index is 0.584. The van der Waals surface area contributed by atoms with E-state index in [9.17, 15) is 0 Å². The Kier molecular flexibility index (Phi) is 6.11. The first-order valence-corrected chi connectivity index (χ1v) is 8.78. The van der Waals surface area contributed by atoms with Crippen LogP contribution in [0.1, 0.15) is 44.6 Å². The van der Waals surface area contributed by atoms with Crippen LogP contribution in [0.15, 0.2) is 33.6 Å². The largest absolute Gasteiger partial charge is 0.445 e. The minimum absolute atomic E-state index is 0.584. The van der Waals surface area contributed by atoms with Gasteiger partial charge in [-0.25, -0.2) is 0 Å². The smallest absolute Gasteiger partial charge is 0.191 e. The van der Waals surface area contributed by atoms with Gasteiger partial charge in [-0.05, 0) is 36.9 Å². The van der Waals surface area contributed by atoms with Crippen LogP contribution in [0, 0.1) is 11.6 Å². The molecular weight excluding hydrogens is 284 g/mol. The average molecular weight is 306 g/mol. The fraction of sp³-hybridized carbons (Fsp3) is 0.471. The maximum absolute atomic E-state index is 5.69. The van der Waals surface area contributed by atoms with Gasteiger partial charge in [0.25, 0.3) is 0 Å². The second-order valence-electron chi connectivity index (χ2n) is 5.14. The zero-order valence-corrected chi connectivity index (χ0v) is 13.9. The van der Waals surface area contributed by atoms with Gasteiger partial charge in [-0.3, -0.25) is 0 Å². The number of aryl methyl sites for hydroxylation is 1. The molecule has 1 aromatic carbocycles. The van der Waals surface area contributed by atoms with E-state index in [4.69, 9.17) is 16.6 Å². The quantitative estimate of drug-likeness (QED) is 0.328. The Bertz CT molecular complexity index is 616. The second-order valence-corrected chi connectivity index (χ2v) is 6.68. The Balaban J connectivity index is 2.06. The molecule has 0 aliphatic rings. The topological polar surface area (TPSA) is 13.1 Å². The van der Waals surface area contributed by atoms with Crippen molar-refractivity contribution in [3.8, 4) is 0 Å². The third kappa shape index (κ3) is 4.10. The van der Waals surface area contributed by atoms with Crippen molar-refractivity contribution in [3.05, 3.63) is 34.5 Å². The predicted octanol–water partition coefficient (Wildman–Crippen LogP) is 6.53. The molecule has 0 unspecified atom stereocenters. The summed E-state index contributed by atoms with van der Waals surface area (Å²) in [6, 6.07) is 8.27. The molecule has 108 valence electrons. The lowest BCUT2D eigenvalue weighted by Crippen LogP contribution is -1.85. The summed E-state index contributed by atoms with van der Waals surface area (Å²) in [7, 11) is 0. The molecule has 2 aromatic rings. The van der Waals surface area contributed by atoms with Crippen molar-refractivity contribution < 1.29 is 4.42 Å². The fourth-order valence-corrected chi connectivity index (χ4v) is 3.65. The number of benzene rings is 1. The monoisotopic (exact) mass is 306 g/mol. The lowest BCUT2D eigenvalue weighted by molar-refractivity contribution is 0.580. The van der Waals surface area contributed by atoms with Crippen molar-refractivity contribution in [2.24, 2.45) is 0 Å². The van der Waals surface area contributed by atoms with Crippen molar-refractivity contribution in [2.45, 2.75) is 50.8 Å². The number of hydrogen-bond acceptors (Lipinski definition) is 3. The number of hydrogen-bond donors (Lipinski definition) is 0. The molecule has 3 heteroatoms. The highest BCUT2D eigenvalue weighted by Crippen LogP contribution is 2.30. The lowest BCUT2D eigenvalue weighted by atomic mass is 10.1. The molecular formula is C17H22OS2. The van der Waals surface area contributed by atoms with E-state index in [2.05, 4.69) is 32.0 Å². The van der Waals surface area contributed by atoms with Crippen LogP contribution in [0.2, 0.25) is 0 Å². The maximum atomic E-state index is 5.69. The molecule has 20 heavy (non-hydrogen) atoms. The average Bonchev–Trinajstić information content (AvgIpc) is 2.43. The number of rotatable bonds is 7. The van der Waals surface area contributed by atoms with Gasteiger partial charge in [-0.1, -0.05) is 50.8 Å². The summed E-state index contributed by atoms with van der Waals surface area (Å²) in [6.45, 7) is 4.32. The van der Waals surface area contributed by atoms with Gasteiger partial charge in [-0.15, -0.1) is 11.8 Å². The van der Waals surface area contributed by atoms with E-state index in [0.717, 1.165) is 16.9 Å². The molecule has 1 nitrogen and oxygen atoms in total. The molecule has 0 amide bonds. The molecule has 0 radical (unpaired) electrons. The molecule has 0 atom stereocenters. The minimum Gasteiger partial charge on any atom is -0.445 e. The number of thioether (sulfide) groups is 1. The first kappa shape index (κ1) is 15.6. The highest BCUT2D eigenvalue weighted by atomic mass is 32.2. The van der Waals surface area contributed by atoms with E-state index in [1.54, 1.807) is 0 Å². The molecule has 0 saturated carbocycles. The van der Waals surface area contributed by atoms with Gasteiger partial charge < -0.3 is 4.42 Å². The van der Waals surface area contributed by atoms with Gasteiger partial charge in [0.15, 0.2) is 4.71 Å². The van der Waals surface area contributed by atoms with Gasteiger partial charge in [0.05, 0.1) is 0 Å². The number of unbranched alkanes of at least 4 members (excludes halogenated alkanes) is 4. The molecule has 0 fully saturated rings. The van der Waals surface area contributed by atoms with E-state index < -0.39 is 0 Å². The Labute approximate surface area is 130 Å². The van der Waals surface area contributed by atoms with Crippen molar-refractivity contribution >= 4 is 34.9 Å². The normalized spacial score (nSPS) is 11.1. The van der Waals surface area contributed by atoms with Crippen LogP contribution in [-0.4, -0.2) is 5.75 Å². The highest BCUT2D eigenvalue weighted by Gasteiger charge is 2.06. The van der Waals surface area contributed by atoms with Crippen molar-refractivity contribution in [3.63, 3.8) is 0 Å². The van der Waals surface area contributed by atoms with Gasteiger partial charge in [-0.2, -0.15) is 0 Å². The lowest BCUT2D eigenvalue weighted by Gasteiger charge is -2.07. The van der Waals surface area contributed by atoms with Crippen LogP contribution in [-0.2, 0) is 0 Å². The molecule has 0 saturated heterocycles. The fourth-order valence-electron chi connectivity index (χ4n) is 2.30. The Hall–Kier alpha value is -0.800. The summed E-state index contributed by atoms with van der Waals surface area (Å²) in [5, 5.41) is 1.19. The van der Waals surface area contributed by atoms with Crippen LogP contribution < -0.4 is 0 Å². The predicted molar refractivity (Wildman–Crippen MR) is 91.3 cm³/mol. The zero-order chi connectivity index (χ0) is 14.4. The van der Waals surface area contributed by atoms with E-state index >= 15 is 0 Å². The Morgan fingerprint density at radius 2 is 1.95 bits per heavy atom. The molecule has 0 N–H and O–H groups in total. The first-order valence-electron chi connectivity index (χ1n) is 7.38. The zero-order valence-electron chi connectivity index (χ0n) is 12.3. The highest BCUT2D eigenvalue weighted by molar-refractivity contribution is 7.99. The van der Waals surface area contributed by atoms with Crippen molar-refractivity contribution in [1.29, 1.82) is 0 Å². The SMILES string of the molecule is CCCCCCCSc1cc(=S)oc2c(C)cccc12. The van der Waals surface area contributed by atoms with Crippen LogP contribution in [0.5, 0.6) is 0 Å². The van der Waals surface area contributed by atoms with E-state index in [0.29, 0.717) is 4.71 Å². The first-order chi connectivity index (χ1) is 9.72. The molecule has 1 aromatic heterocycles. The number of para-hydroxylation sites is 1. The van der Waals surface area contributed by atoms with Gasteiger partial charge in [0.1, 0.15) is 5.58 Å². The standard InChI is InChI=1S/C17H22OS2/c1-3-4-5-6-7-11-20-15-12-16(19)18-17-13(2)9-8-10-14(15)17/h8-10,12H,3-7,11H2,1-2H3. The van der Waals surface area contributed by atoms with Gasteiger partial charge in [0, 0.05) is 16.3 Å². The van der Waals surface area contributed by atoms with E-state index in [1.165, 1.54) is 42.4 Å². The summed E-state index contributed by atoms with van der Waals surface area (Å²) < 4.78 is 6.28. The van der Waals surface area contributed by atoms with Crippen LogP contribution >= 0.6 is 24.0 Å². The third-order valence-electron chi connectivity index (χ3n) is 3.43. The van der Waals surface area contributed by atoms with Crippen molar-refractivity contribution in [1.82, 2.24) is 0 Å². The van der Waals surface area contributed by atoms with Crippen molar-refractivity contribution in [2.75, 3.05) is 5.75 Å². The molecule has 2 rings (SSSR count). The van der Waals surface area contributed by atoms with Gasteiger partial charge in [0.2, 0.25) is 0 Å². The molecule has 0 aliphatic carbocycles. The summed E-state index contributed by atoms with van der Waals surface area (Å²) in [5.74, 6) is 1.16. The third-order valence-corrected chi connectivity index (χ3v) is 4.78. The van der Waals surface area contributed by atoms with Gasteiger partial charge >= 0.3 is 0 Å². The van der Waals surface area contributed by atoms with E-state index in [1.807, 2.05) is 17.8 Å². The molecule has 1 heterocycles. The summed E-state index contributed by atoms with van der Waals surface area (Å²) in [4.78, 5) is 1.26. The van der Waals surface area contributed by atoms with Crippen LogP contribution in [0.3, 0.4) is 0 Å². The Morgan fingerprint density at radius 1 is 1.15 bits per heavy atom. The van der Waals surface area contributed by atoms with Crippen LogP contribution in [0.25, 0.3) is 11.0 Å². The summed E-state index contributed by atoms with van der Waals surface area (Å²) in [6.07, 6.45) is 6.61. The summed E-state index contributed by atoms with van der Waals surface area (Å²) >= 11 is 7.15. The maximum Gasteiger partial charge on any atom is 0.191 e. The second kappa shape index (κ2) is 7.84. The Morgan fingerprint density at radius 3 is 2.75 bits per heavy atom. The van der Waals surface area contributed by atoms with Crippen LogP contribution in [0.4, 0.5) is 0 Å². The van der Waals surface area contributed by atoms with E-state index in [-0.39, 0.29) is 0 Å². The number of fused-ring (bicyclic) bond motifs is 1. The molecule has 0 aliphatic heterocycles.